The fourth-order valence-electron chi connectivity index (χ4n) is 1.35. The molecule has 0 spiro atoms. The number of hydrogen-bond donors (Lipinski definition) is 3. The van der Waals surface area contributed by atoms with Gasteiger partial charge >= 0.3 is 6.09 Å². The number of nitrogens with one attached hydrogen (secondary N) is 2. The highest BCUT2D eigenvalue weighted by Gasteiger charge is 2.09. The maximum absolute atomic E-state index is 10.8. The van der Waals surface area contributed by atoms with E-state index in [4.69, 9.17) is 5.11 Å². The molecule has 0 fully saturated rings. The number of rotatable bonds is 9. The molecule has 0 saturated heterocycles. The number of carbonyl (C=O) groups is 1. The van der Waals surface area contributed by atoms with Crippen molar-refractivity contribution in [3.8, 4) is 0 Å². The Labute approximate surface area is 91.8 Å². The Kier molecular flexibility index (Phi) is 9.21. The molecule has 0 heterocycles. The minimum absolute atomic E-state index is 0.621. The van der Waals surface area contributed by atoms with Gasteiger partial charge in [-0.2, -0.15) is 0 Å². The highest BCUT2D eigenvalue weighted by atomic mass is 16.4. The summed E-state index contributed by atoms with van der Waals surface area (Å²) in [5.41, 5.74) is 0. The summed E-state index contributed by atoms with van der Waals surface area (Å²) >= 11 is 0. The summed E-state index contributed by atoms with van der Waals surface area (Å²) in [6.45, 7) is 3.07. The summed E-state index contributed by atoms with van der Waals surface area (Å²) in [6, 6.07) is 0. The lowest BCUT2D eigenvalue weighted by molar-refractivity contribution is 0.143. The van der Waals surface area contributed by atoms with Crippen LogP contribution in [0.15, 0.2) is 0 Å². The third-order valence-electron chi connectivity index (χ3n) is 2.23. The molecule has 0 aromatic rings. The Bertz CT molecular complexity index is 165. The van der Waals surface area contributed by atoms with Gasteiger partial charge in [-0.25, -0.2) is 4.79 Å². The van der Waals surface area contributed by atoms with E-state index in [0.717, 1.165) is 32.4 Å². The van der Waals surface area contributed by atoms with Crippen LogP contribution in [0.25, 0.3) is 0 Å². The highest BCUT2D eigenvalue weighted by molar-refractivity contribution is 5.64. The first-order valence-electron chi connectivity index (χ1n) is 5.49. The van der Waals surface area contributed by atoms with Gasteiger partial charge in [-0.1, -0.05) is 0 Å². The zero-order valence-corrected chi connectivity index (χ0v) is 9.75. The molecule has 90 valence electrons. The van der Waals surface area contributed by atoms with Gasteiger partial charge in [0.1, 0.15) is 0 Å². The molecule has 0 unspecified atom stereocenters. The first-order chi connectivity index (χ1) is 7.22. The van der Waals surface area contributed by atoms with Gasteiger partial charge in [-0.05, 0) is 46.4 Å². The lowest BCUT2D eigenvalue weighted by atomic mass is 10.3. The largest absolute Gasteiger partial charge is 0.465 e. The Morgan fingerprint density at radius 2 is 1.60 bits per heavy atom. The van der Waals surface area contributed by atoms with Crippen LogP contribution in [0.3, 0.4) is 0 Å². The monoisotopic (exact) mass is 217 g/mol. The Balaban J connectivity index is 3.59. The normalized spacial score (nSPS) is 10.3. The van der Waals surface area contributed by atoms with Gasteiger partial charge < -0.3 is 20.6 Å². The fraction of sp³-hybridized carbons (Fsp3) is 0.900. The van der Waals surface area contributed by atoms with Crippen molar-refractivity contribution in [3.05, 3.63) is 0 Å². The molecule has 3 N–H and O–H groups in total. The average molecular weight is 217 g/mol. The van der Waals surface area contributed by atoms with E-state index in [1.165, 1.54) is 4.90 Å². The summed E-state index contributed by atoms with van der Waals surface area (Å²) in [7, 11) is 3.78. The second-order valence-electron chi connectivity index (χ2n) is 3.54. The van der Waals surface area contributed by atoms with Crippen LogP contribution in [0.2, 0.25) is 0 Å². The molecular weight excluding hydrogens is 194 g/mol. The first-order valence-corrected chi connectivity index (χ1v) is 5.49. The molecule has 0 aromatic heterocycles. The van der Waals surface area contributed by atoms with Crippen molar-refractivity contribution in [1.29, 1.82) is 0 Å². The molecule has 0 rings (SSSR count). The van der Waals surface area contributed by atoms with Crippen LogP contribution < -0.4 is 10.6 Å². The molecule has 0 aromatic carbocycles. The number of amides is 1. The molecule has 0 saturated carbocycles. The minimum Gasteiger partial charge on any atom is -0.465 e. The van der Waals surface area contributed by atoms with Crippen LogP contribution >= 0.6 is 0 Å². The zero-order chi connectivity index (χ0) is 11.5. The predicted octanol–water partition coefficient (Wildman–Crippen LogP) is 0.576. The second kappa shape index (κ2) is 9.73. The molecule has 0 bridgehead atoms. The molecule has 5 heteroatoms. The third-order valence-corrected chi connectivity index (χ3v) is 2.23. The maximum Gasteiger partial charge on any atom is 0.407 e. The van der Waals surface area contributed by atoms with Crippen molar-refractivity contribution in [2.45, 2.75) is 19.3 Å². The molecule has 0 radical (unpaired) electrons. The molecule has 1 amide bonds. The highest BCUT2D eigenvalue weighted by Crippen LogP contribution is 1.97. The van der Waals surface area contributed by atoms with E-state index < -0.39 is 6.09 Å². The van der Waals surface area contributed by atoms with E-state index in [-0.39, 0.29) is 0 Å². The van der Waals surface area contributed by atoms with Crippen molar-refractivity contribution in [2.24, 2.45) is 0 Å². The maximum atomic E-state index is 10.8. The van der Waals surface area contributed by atoms with Crippen LogP contribution in [0.4, 0.5) is 4.79 Å². The third kappa shape index (κ3) is 8.20. The fourth-order valence-corrected chi connectivity index (χ4v) is 1.35. The van der Waals surface area contributed by atoms with Crippen molar-refractivity contribution in [3.63, 3.8) is 0 Å². The summed E-state index contributed by atoms with van der Waals surface area (Å²) in [5.74, 6) is 0. The molecule has 5 nitrogen and oxygen atoms in total. The Hall–Kier alpha value is -0.810. The van der Waals surface area contributed by atoms with Gasteiger partial charge in [0.2, 0.25) is 0 Å². The minimum atomic E-state index is -0.810. The molecule has 0 aliphatic carbocycles. The van der Waals surface area contributed by atoms with Gasteiger partial charge in [0, 0.05) is 13.1 Å². The van der Waals surface area contributed by atoms with Crippen LogP contribution in [0, 0.1) is 0 Å². The van der Waals surface area contributed by atoms with Crippen LogP contribution in [-0.4, -0.2) is 56.4 Å². The van der Waals surface area contributed by atoms with E-state index in [1.807, 2.05) is 14.1 Å². The van der Waals surface area contributed by atoms with E-state index >= 15 is 0 Å². The van der Waals surface area contributed by atoms with Crippen LogP contribution in [0.1, 0.15) is 19.3 Å². The quantitative estimate of drug-likeness (QED) is 0.494. The molecule has 0 aliphatic rings. The number of nitrogens with zero attached hydrogens (tertiary/aromatic N) is 1. The van der Waals surface area contributed by atoms with Gasteiger partial charge in [0.15, 0.2) is 0 Å². The molecule has 15 heavy (non-hydrogen) atoms. The zero-order valence-electron chi connectivity index (χ0n) is 9.75. The van der Waals surface area contributed by atoms with E-state index in [0.29, 0.717) is 13.1 Å². The lowest BCUT2D eigenvalue weighted by Gasteiger charge is -2.18. The smallest absolute Gasteiger partial charge is 0.407 e. The first kappa shape index (κ1) is 14.2. The summed E-state index contributed by atoms with van der Waals surface area (Å²) < 4.78 is 0. The van der Waals surface area contributed by atoms with Gasteiger partial charge in [0.25, 0.3) is 0 Å². The van der Waals surface area contributed by atoms with Crippen molar-refractivity contribution >= 4 is 6.09 Å². The number of carboxylic acid groups (broad SMARTS) is 1. The van der Waals surface area contributed by atoms with E-state index in [9.17, 15) is 4.79 Å². The van der Waals surface area contributed by atoms with Gasteiger partial charge in [-0.15, -0.1) is 0 Å². The van der Waals surface area contributed by atoms with Crippen LogP contribution in [0.5, 0.6) is 0 Å². The lowest BCUT2D eigenvalue weighted by Crippen LogP contribution is -2.33. The number of hydrogen-bond acceptors (Lipinski definition) is 3. The van der Waals surface area contributed by atoms with Crippen molar-refractivity contribution < 1.29 is 9.90 Å². The molecule has 0 atom stereocenters. The van der Waals surface area contributed by atoms with Gasteiger partial charge in [0.05, 0.1) is 0 Å². The standard InChI is InChI=1S/C10H23N3O2/c1-11-6-3-4-8-13(10(14)15)9-5-7-12-2/h11-12H,3-9H2,1-2H3,(H,14,15). The number of unbranched alkanes of at least 4 members (excludes halogenated alkanes) is 1. The van der Waals surface area contributed by atoms with E-state index in [2.05, 4.69) is 10.6 Å². The van der Waals surface area contributed by atoms with Crippen molar-refractivity contribution in [1.82, 2.24) is 15.5 Å². The van der Waals surface area contributed by atoms with E-state index in [1.54, 1.807) is 0 Å². The summed E-state index contributed by atoms with van der Waals surface area (Å²) in [5, 5.41) is 15.0. The Morgan fingerprint density at radius 3 is 2.13 bits per heavy atom. The Morgan fingerprint density at radius 1 is 1.07 bits per heavy atom. The SMILES string of the molecule is CNCCCCN(CCCNC)C(=O)O. The van der Waals surface area contributed by atoms with Crippen LogP contribution in [-0.2, 0) is 0 Å². The topological polar surface area (TPSA) is 64.6 Å². The predicted molar refractivity (Wildman–Crippen MR) is 61.3 cm³/mol. The molecular formula is C10H23N3O2. The average Bonchev–Trinajstić information content (AvgIpc) is 2.21. The second-order valence-corrected chi connectivity index (χ2v) is 3.54. The summed E-state index contributed by atoms with van der Waals surface area (Å²) in [4.78, 5) is 12.3. The van der Waals surface area contributed by atoms with Gasteiger partial charge in [-0.3, -0.25) is 0 Å². The van der Waals surface area contributed by atoms with Crippen molar-refractivity contribution in [2.75, 3.05) is 40.3 Å². The summed E-state index contributed by atoms with van der Waals surface area (Å²) in [6.07, 6.45) is 2.00. The molecule has 0 aliphatic heterocycles.